The Hall–Kier alpha value is -2.15. The summed E-state index contributed by atoms with van der Waals surface area (Å²) < 4.78 is 2.22. The number of hydrogen-bond acceptors (Lipinski definition) is 0. The van der Waals surface area contributed by atoms with Gasteiger partial charge in [-0.3, -0.25) is 0 Å². The maximum atomic E-state index is 2.22. The van der Waals surface area contributed by atoms with Crippen LogP contribution in [-0.4, -0.2) is 0 Å². The molecule has 94 valence electrons. The quantitative estimate of drug-likeness (QED) is 0.610. The molecule has 1 heterocycles. The fourth-order valence-corrected chi connectivity index (χ4v) is 2.50. The zero-order chi connectivity index (χ0) is 13.2. The average Bonchev–Trinajstić information content (AvgIpc) is 2.44. The van der Waals surface area contributed by atoms with Crippen molar-refractivity contribution in [2.75, 3.05) is 0 Å². The third-order valence-corrected chi connectivity index (χ3v) is 3.67. The Morgan fingerprint density at radius 2 is 1.63 bits per heavy atom. The van der Waals surface area contributed by atoms with E-state index in [1.807, 2.05) is 0 Å². The van der Waals surface area contributed by atoms with E-state index in [1.165, 1.54) is 27.6 Å². The minimum absolute atomic E-state index is 0.970. The van der Waals surface area contributed by atoms with E-state index in [2.05, 4.69) is 79.3 Å². The van der Waals surface area contributed by atoms with Gasteiger partial charge in [0.15, 0.2) is 11.9 Å². The van der Waals surface area contributed by atoms with E-state index in [1.54, 1.807) is 0 Å². The van der Waals surface area contributed by atoms with Gasteiger partial charge in [0.1, 0.15) is 7.05 Å². The Bertz CT molecular complexity index is 711. The number of pyridine rings is 1. The number of nitrogens with zero attached hydrogens (tertiary/aromatic N) is 1. The number of aryl methyl sites for hydroxylation is 2. The van der Waals surface area contributed by atoms with Crippen LogP contribution < -0.4 is 4.57 Å². The van der Waals surface area contributed by atoms with Crippen molar-refractivity contribution in [1.82, 2.24) is 0 Å². The molecule has 0 spiro atoms. The molecule has 0 N–H and O–H groups in total. The maximum Gasteiger partial charge on any atom is 0.193 e. The van der Waals surface area contributed by atoms with Crippen LogP contribution in [0.15, 0.2) is 60.8 Å². The van der Waals surface area contributed by atoms with E-state index in [9.17, 15) is 0 Å². The van der Waals surface area contributed by atoms with E-state index in [0.717, 1.165) is 6.42 Å². The molecule has 3 aromatic rings. The molecule has 0 aliphatic heterocycles. The average molecular weight is 248 g/mol. The van der Waals surface area contributed by atoms with E-state index < -0.39 is 0 Å². The molecule has 0 unspecified atom stereocenters. The monoisotopic (exact) mass is 248 g/mol. The van der Waals surface area contributed by atoms with Crippen LogP contribution in [0.1, 0.15) is 16.8 Å². The van der Waals surface area contributed by atoms with Crippen LogP contribution in [0.5, 0.6) is 0 Å². The molecule has 0 saturated heterocycles. The Labute approximate surface area is 114 Å². The lowest BCUT2D eigenvalue weighted by molar-refractivity contribution is -0.677. The van der Waals surface area contributed by atoms with E-state index in [0.29, 0.717) is 0 Å². The van der Waals surface area contributed by atoms with Crippen LogP contribution in [0, 0.1) is 6.92 Å². The summed E-state index contributed by atoms with van der Waals surface area (Å²) in [5, 5.41) is 2.65. The summed E-state index contributed by atoms with van der Waals surface area (Å²) in [7, 11) is 2.12. The smallest absolute Gasteiger partial charge is 0.193 e. The first-order valence-electron chi connectivity index (χ1n) is 6.66. The molecule has 19 heavy (non-hydrogen) atoms. The van der Waals surface area contributed by atoms with Crippen molar-refractivity contribution in [3.8, 4) is 0 Å². The lowest BCUT2D eigenvalue weighted by atomic mass is 10.0. The first-order chi connectivity index (χ1) is 9.24. The minimum atomic E-state index is 0.970. The summed E-state index contributed by atoms with van der Waals surface area (Å²) in [5.41, 5.74) is 4.03. The fourth-order valence-electron chi connectivity index (χ4n) is 2.50. The van der Waals surface area contributed by atoms with Crippen molar-refractivity contribution in [1.29, 1.82) is 0 Å². The Balaban J connectivity index is 2.09. The van der Waals surface area contributed by atoms with Gasteiger partial charge in [0.25, 0.3) is 0 Å². The standard InChI is InChI=1S/C18H18N/c1-14-7-9-15(10-8-14)13-18-17-6-4-3-5-16(17)11-12-19(18)2/h3-12H,13H2,1-2H3/q+1. The summed E-state index contributed by atoms with van der Waals surface area (Å²) in [6.45, 7) is 2.13. The van der Waals surface area contributed by atoms with Crippen molar-refractivity contribution >= 4 is 10.8 Å². The van der Waals surface area contributed by atoms with Gasteiger partial charge >= 0.3 is 0 Å². The largest absolute Gasteiger partial charge is 0.204 e. The van der Waals surface area contributed by atoms with Gasteiger partial charge in [0.05, 0.1) is 6.42 Å². The van der Waals surface area contributed by atoms with Crippen LogP contribution in [-0.2, 0) is 13.5 Å². The summed E-state index contributed by atoms with van der Waals surface area (Å²) in [5.74, 6) is 0. The predicted octanol–water partition coefficient (Wildman–Crippen LogP) is 3.56. The van der Waals surface area contributed by atoms with Gasteiger partial charge in [-0.25, -0.2) is 4.57 Å². The summed E-state index contributed by atoms with van der Waals surface area (Å²) in [6, 6.07) is 19.6. The van der Waals surface area contributed by atoms with Gasteiger partial charge in [-0.1, -0.05) is 48.0 Å². The van der Waals surface area contributed by atoms with E-state index >= 15 is 0 Å². The normalized spacial score (nSPS) is 10.8. The molecule has 0 fully saturated rings. The number of fused-ring (bicyclic) bond motifs is 1. The van der Waals surface area contributed by atoms with Crippen molar-refractivity contribution in [2.45, 2.75) is 13.3 Å². The molecule has 0 aliphatic carbocycles. The second-order valence-electron chi connectivity index (χ2n) is 5.12. The number of hydrogen-bond donors (Lipinski definition) is 0. The van der Waals surface area contributed by atoms with Crippen LogP contribution in [0.3, 0.4) is 0 Å². The molecular formula is C18H18N+. The highest BCUT2D eigenvalue weighted by Gasteiger charge is 2.12. The highest BCUT2D eigenvalue weighted by Crippen LogP contribution is 2.18. The minimum Gasteiger partial charge on any atom is -0.204 e. The maximum absolute atomic E-state index is 2.22. The van der Waals surface area contributed by atoms with Crippen molar-refractivity contribution in [3.05, 3.63) is 77.6 Å². The van der Waals surface area contributed by atoms with Crippen LogP contribution in [0.25, 0.3) is 10.8 Å². The van der Waals surface area contributed by atoms with Crippen molar-refractivity contribution in [3.63, 3.8) is 0 Å². The van der Waals surface area contributed by atoms with Crippen LogP contribution >= 0.6 is 0 Å². The zero-order valence-electron chi connectivity index (χ0n) is 11.4. The molecule has 0 atom stereocenters. The van der Waals surface area contributed by atoms with Gasteiger partial charge in [-0.15, -0.1) is 0 Å². The highest BCUT2D eigenvalue weighted by molar-refractivity contribution is 5.83. The van der Waals surface area contributed by atoms with Gasteiger partial charge in [-0.2, -0.15) is 0 Å². The molecule has 0 saturated carbocycles. The third kappa shape index (κ3) is 2.37. The van der Waals surface area contributed by atoms with Gasteiger partial charge < -0.3 is 0 Å². The number of aromatic nitrogens is 1. The highest BCUT2D eigenvalue weighted by atomic mass is 14.9. The number of benzene rings is 2. The second kappa shape index (κ2) is 4.85. The molecule has 0 aliphatic rings. The van der Waals surface area contributed by atoms with Gasteiger partial charge in [0, 0.05) is 11.5 Å². The summed E-state index contributed by atoms with van der Waals surface area (Å²) in [6.07, 6.45) is 3.12. The molecule has 0 bridgehead atoms. The molecule has 0 radical (unpaired) electrons. The lowest BCUT2D eigenvalue weighted by Gasteiger charge is -2.05. The fraction of sp³-hybridized carbons (Fsp3) is 0.167. The van der Waals surface area contributed by atoms with Gasteiger partial charge in [-0.05, 0) is 23.9 Å². The molecule has 1 heteroatoms. The molecular weight excluding hydrogens is 230 g/mol. The van der Waals surface area contributed by atoms with Crippen LogP contribution in [0.2, 0.25) is 0 Å². The summed E-state index contributed by atoms with van der Waals surface area (Å²) >= 11 is 0. The second-order valence-corrected chi connectivity index (χ2v) is 5.12. The molecule has 1 aromatic heterocycles. The third-order valence-electron chi connectivity index (χ3n) is 3.67. The molecule has 1 nitrogen and oxygen atoms in total. The molecule has 0 amide bonds. The lowest BCUT2D eigenvalue weighted by Crippen LogP contribution is -2.33. The molecule has 3 rings (SSSR count). The topological polar surface area (TPSA) is 3.88 Å². The van der Waals surface area contributed by atoms with Crippen LogP contribution in [0.4, 0.5) is 0 Å². The SMILES string of the molecule is Cc1ccc(Cc2c3ccccc3cc[n+]2C)cc1. The Kier molecular flexibility index (Phi) is 3.04. The van der Waals surface area contributed by atoms with Crippen molar-refractivity contribution < 1.29 is 4.57 Å². The molecule has 2 aromatic carbocycles. The summed E-state index contributed by atoms with van der Waals surface area (Å²) in [4.78, 5) is 0. The predicted molar refractivity (Wildman–Crippen MR) is 79.1 cm³/mol. The Morgan fingerprint density at radius 3 is 2.42 bits per heavy atom. The first kappa shape index (κ1) is 11.9. The van der Waals surface area contributed by atoms with Crippen molar-refractivity contribution in [2.24, 2.45) is 7.05 Å². The first-order valence-corrected chi connectivity index (χ1v) is 6.66. The number of rotatable bonds is 2. The van der Waals surface area contributed by atoms with E-state index in [-0.39, 0.29) is 0 Å². The zero-order valence-corrected chi connectivity index (χ0v) is 11.4. The van der Waals surface area contributed by atoms with E-state index in [4.69, 9.17) is 0 Å². The Morgan fingerprint density at radius 1 is 0.895 bits per heavy atom. The van der Waals surface area contributed by atoms with Gasteiger partial charge in [0.2, 0.25) is 0 Å².